The first-order valence-electron chi connectivity index (χ1n) is 4.70. The van der Waals surface area contributed by atoms with Crippen molar-refractivity contribution in [2.24, 2.45) is 5.92 Å². The van der Waals surface area contributed by atoms with Gasteiger partial charge in [-0.05, 0) is 0 Å². The molecule has 0 radical (unpaired) electrons. The molecular formula is C9H14ClN3OS. The van der Waals surface area contributed by atoms with E-state index >= 15 is 0 Å². The molecule has 4 nitrogen and oxygen atoms in total. The van der Waals surface area contributed by atoms with Gasteiger partial charge >= 0.3 is 0 Å². The summed E-state index contributed by atoms with van der Waals surface area (Å²) < 4.78 is 1.66. The second kappa shape index (κ2) is 6.02. The highest BCUT2D eigenvalue weighted by Gasteiger charge is 2.12. The van der Waals surface area contributed by atoms with Crippen LogP contribution < -0.4 is 5.32 Å². The summed E-state index contributed by atoms with van der Waals surface area (Å²) in [5, 5.41) is 7.36. The fourth-order valence-electron chi connectivity index (χ4n) is 1.16. The Labute approximate surface area is 99.4 Å². The first-order valence-corrected chi connectivity index (χ1v) is 5.71. The molecule has 1 aromatic rings. The monoisotopic (exact) mass is 247 g/mol. The van der Waals surface area contributed by atoms with Gasteiger partial charge in [-0.2, -0.15) is 17.7 Å². The lowest BCUT2D eigenvalue weighted by Gasteiger charge is -2.11. The van der Waals surface area contributed by atoms with E-state index in [9.17, 15) is 4.79 Å². The van der Waals surface area contributed by atoms with E-state index in [1.165, 1.54) is 0 Å². The number of rotatable bonds is 5. The Morgan fingerprint density at radius 2 is 2.53 bits per heavy atom. The quantitative estimate of drug-likeness (QED) is 0.769. The third-order valence-corrected chi connectivity index (χ3v) is 2.34. The first-order chi connectivity index (χ1) is 7.13. The minimum absolute atomic E-state index is 0.00988. The normalized spacial score (nSPS) is 12.5. The van der Waals surface area contributed by atoms with Gasteiger partial charge in [0, 0.05) is 18.5 Å². The number of carbonyl (C=O) groups is 1. The average molecular weight is 248 g/mol. The lowest BCUT2D eigenvalue weighted by atomic mass is 10.1. The second-order valence-electron chi connectivity index (χ2n) is 3.30. The number of carbonyl (C=O) groups excluding carboxylic acids is 1. The van der Waals surface area contributed by atoms with Crippen molar-refractivity contribution in [3.05, 3.63) is 17.4 Å². The van der Waals surface area contributed by atoms with Gasteiger partial charge in [0.05, 0.1) is 23.7 Å². The van der Waals surface area contributed by atoms with E-state index in [0.29, 0.717) is 23.9 Å². The highest BCUT2D eigenvalue weighted by atomic mass is 35.5. The summed E-state index contributed by atoms with van der Waals surface area (Å²) in [4.78, 5) is 11.5. The standard InChI is InChI=1S/C9H14ClN3OS/c1-7(9(14)11-2-3-15)5-13-6-8(10)4-12-13/h4,6-7,15H,2-3,5H2,1H3,(H,11,14). The summed E-state index contributed by atoms with van der Waals surface area (Å²) in [7, 11) is 0. The highest BCUT2D eigenvalue weighted by Crippen LogP contribution is 2.07. The Bertz CT molecular complexity index is 329. The Morgan fingerprint density at radius 1 is 1.80 bits per heavy atom. The second-order valence-corrected chi connectivity index (χ2v) is 4.18. The molecular weight excluding hydrogens is 234 g/mol. The maximum Gasteiger partial charge on any atom is 0.224 e. The largest absolute Gasteiger partial charge is 0.355 e. The van der Waals surface area contributed by atoms with Crippen molar-refractivity contribution in [3.8, 4) is 0 Å². The molecule has 84 valence electrons. The Morgan fingerprint density at radius 3 is 3.07 bits per heavy atom. The van der Waals surface area contributed by atoms with Crippen LogP contribution in [0.25, 0.3) is 0 Å². The van der Waals surface area contributed by atoms with Crippen LogP contribution in [-0.2, 0) is 11.3 Å². The maximum atomic E-state index is 11.5. The van der Waals surface area contributed by atoms with Gasteiger partial charge in [-0.3, -0.25) is 9.48 Å². The number of hydrogen-bond acceptors (Lipinski definition) is 3. The molecule has 0 spiro atoms. The molecule has 1 heterocycles. The summed E-state index contributed by atoms with van der Waals surface area (Å²) in [6, 6.07) is 0. The van der Waals surface area contributed by atoms with Gasteiger partial charge in [-0.25, -0.2) is 0 Å². The number of nitrogens with zero attached hydrogens (tertiary/aromatic N) is 2. The predicted octanol–water partition coefficient (Wildman–Crippen LogP) is 1.22. The molecule has 1 unspecified atom stereocenters. The molecule has 1 aromatic heterocycles. The van der Waals surface area contributed by atoms with E-state index in [1.54, 1.807) is 17.1 Å². The number of thiol groups is 1. The summed E-state index contributed by atoms with van der Waals surface area (Å²) in [5.74, 6) is 0.531. The number of halogens is 1. The molecule has 1 N–H and O–H groups in total. The zero-order valence-corrected chi connectivity index (χ0v) is 10.1. The topological polar surface area (TPSA) is 46.9 Å². The molecule has 0 aliphatic carbocycles. The Hall–Kier alpha value is -0.680. The lowest BCUT2D eigenvalue weighted by Crippen LogP contribution is -2.32. The molecule has 1 rings (SSSR count). The molecule has 0 bridgehead atoms. The molecule has 0 aliphatic heterocycles. The zero-order chi connectivity index (χ0) is 11.3. The first kappa shape index (κ1) is 12.4. The van der Waals surface area contributed by atoms with Crippen molar-refractivity contribution in [2.75, 3.05) is 12.3 Å². The molecule has 15 heavy (non-hydrogen) atoms. The van der Waals surface area contributed by atoms with Crippen LogP contribution in [-0.4, -0.2) is 28.0 Å². The molecule has 0 fully saturated rings. The third kappa shape index (κ3) is 4.13. The number of aromatic nitrogens is 2. The maximum absolute atomic E-state index is 11.5. The fraction of sp³-hybridized carbons (Fsp3) is 0.556. The number of hydrogen-bond donors (Lipinski definition) is 2. The van der Waals surface area contributed by atoms with Crippen LogP contribution in [0.15, 0.2) is 12.4 Å². The minimum atomic E-state index is -0.124. The third-order valence-electron chi connectivity index (χ3n) is 1.92. The zero-order valence-electron chi connectivity index (χ0n) is 8.48. The number of nitrogens with one attached hydrogen (secondary N) is 1. The van der Waals surface area contributed by atoms with Crippen LogP contribution in [0, 0.1) is 5.92 Å². The SMILES string of the molecule is CC(Cn1cc(Cl)cn1)C(=O)NCCS. The molecule has 1 amide bonds. The average Bonchev–Trinajstić information content (AvgIpc) is 2.60. The van der Waals surface area contributed by atoms with Crippen molar-refractivity contribution < 1.29 is 4.79 Å². The van der Waals surface area contributed by atoms with Gasteiger partial charge in [0.2, 0.25) is 5.91 Å². The van der Waals surface area contributed by atoms with Crippen LogP contribution in [0.3, 0.4) is 0 Å². The van der Waals surface area contributed by atoms with Crippen molar-refractivity contribution in [2.45, 2.75) is 13.5 Å². The lowest BCUT2D eigenvalue weighted by molar-refractivity contribution is -0.124. The minimum Gasteiger partial charge on any atom is -0.355 e. The Balaban J connectivity index is 2.41. The summed E-state index contributed by atoms with van der Waals surface area (Å²) in [5.41, 5.74) is 0. The Kier molecular flexibility index (Phi) is 4.98. The highest BCUT2D eigenvalue weighted by molar-refractivity contribution is 7.80. The van der Waals surface area contributed by atoms with Gasteiger partial charge in [0.25, 0.3) is 0 Å². The summed E-state index contributed by atoms with van der Waals surface area (Å²) in [6.07, 6.45) is 3.25. The van der Waals surface area contributed by atoms with Crippen molar-refractivity contribution in [1.82, 2.24) is 15.1 Å². The van der Waals surface area contributed by atoms with Crippen molar-refractivity contribution in [1.29, 1.82) is 0 Å². The van der Waals surface area contributed by atoms with Gasteiger partial charge in [-0.15, -0.1) is 0 Å². The van der Waals surface area contributed by atoms with Crippen LogP contribution in [0.5, 0.6) is 0 Å². The number of amides is 1. The van der Waals surface area contributed by atoms with Gasteiger partial charge in [0.15, 0.2) is 0 Å². The van der Waals surface area contributed by atoms with Crippen LogP contribution in [0.4, 0.5) is 0 Å². The fourth-order valence-corrected chi connectivity index (χ4v) is 1.42. The van der Waals surface area contributed by atoms with E-state index in [2.05, 4.69) is 23.0 Å². The van der Waals surface area contributed by atoms with Gasteiger partial charge in [0.1, 0.15) is 0 Å². The van der Waals surface area contributed by atoms with Gasteiger partial charge < -0.3 is 5.32 Å². The molecule has 0 saturated heterocycles. The summed E-state index contributed by atoms with van der Waals surface area (Å²) in [6.45, 7) is 2.97. The van der Waals surface area contributed by atoms with Crippen LogP contribution in [0.2, 0.25) is 5.02 Å². The van der Waals surface area contributed by atoms with Crippen molar-refractivity contribution in [3.63, 3.8) is 0 Å². The molecule has 0 saturated carbocycles. The molecule has 0 aliphatic rings. The van der Waals surface area contributed by atoms with E-state index in [4.69, 9.17) is 11.6 Å². The van der Waals surface area contributed by atoms with Crippen LogP contribution >= 0.6 is 24.2 Å². The van der Waals surface area contributed by atoms with Gasteiger partial charge in [-0.1, -0.05) is 18.5 Å². The predicted molar refractivity (Wildman–Crippen MR) is 63.3 cm³/mol. The smallest absolute Gasteiger partial charge is 0.224 e. The molecule has 1 atom stereocenters. The summed E-state index contributed by atoms with van der Waals surface area (Å²) >= 11 is 9.73. The molecule has 0 aromatic carbocycles. The molecule has 6 heteroatoms. The van der Waals surface area contributed by atoms with E-state index in [-0.39, 0.29) is 11.8 Å². The van der Waals surface area contributed by atoms with E-state index < -0.39 is 0 Å². The van der Waals surface area contributed by atoms with E-state index in [0.717, 1.165) is 0 Å². The van der Waals surface area contributed by atoms with Crippen LogP contribution in [0.1, 0.15) is 6.92 Å². The van der Waals surface area contributed by atoms with E-state index in [1.807, 2.05) is 6.92 Å². The van der Waals surface area contributed by atoms with Crippen molar-refractivity contribution >= 4 is 30.1 Å².